The van der Waals surface area contributed by atoms with E-state index in [1.807, 2.05) is 11.8 Å². The predicted octanol–water partition coefficient (Wildman–Crippen LogP) is 2.87. The van der Waals surface area contributed by atoms with Gasteiger partial charge in [0.2, 0.25) is 0 Å². The average Bonchev–Trinajstić information content (AvgIpc) is 2.27. The maximum atomic E-state index is 10.7. The number of nitrogens with zero attached hydrogens (tertiary/aromatic N) is 1. The van der Waals surface area contributed by atoms with Gasteiger partial charge in [0, 0.05) is 34.8 Å². The predicted molar refractivity (Wildman–Crippen MR) is 76.1 cm³/mol. The minimum absolute atomic E-state index is 0.0318. The molecule has 1 aromatic carbocycles. The van der Waals surface area contributed by atoms with Crippen molar-refractivity contribution in [3.8, 4) is 0 Å². The Labute approximate surface area is 110 Å². The molecule has 18 heavy (non-hydrogen) atoms. The van der Waals surface area contributed by atoms with Crippen LogP contribution < -0.4 is 11.1 Å². The van der Waals surface area contributed by atoms with Gasteiger partial charge in [-0.05, 0) is 25.2 Å². The number of nitrogens with two attached hydrogens (primary N) is 1. The highest BCUT2D eigenvalue weighted by Gasteiger charge is 2.35. The second-order valence-corrected chi connectivity index (χ2v) is 5.94. The summed E-state index contributed by atoms with van der Waals surface area (Å²) in [5.41, 5.74) is 6.84. The van der Waals surface area contributed by atoms with Gasteiger partial charge in [0.15, 0.2) is 0 Å². The van der Waals surface area contributed by atoms with Gasteiger partial charge in [-0.15, -0.1) is 0 Å². The SMILES string of the molecule is CSC1(CNc2cc(N)cc([N+](=O)[O-])c2)CCC1. The quantitative estimate of drug-likeness (QED) is 0.487. The van der Waals surface area contributed by atoms with Crippen LogP contribution in [0.15, 0.2) is 18.2 Å². The van der Waals surface area contributed by atoms with Crippen molar-refractivity contribution in [1.82, 2.24) is 0 Å². The van der Waals surface area contributed by atoms with E-state index in [1.54, 1.807) is 6.07 Å². The number of hydrogen-bond donors (Lipinski definition) is 2. The number of nitro benzene ring substituents is 1. The van der Waals surface area contributed by atoms with Gasteiger partial charge < -0.3 is 11.1 Å². The summed E-state index contributed by atoms with van der Waals surface area (Å²) < 4.78 is 0.291. The Morgan fingerprint density at radius 3 is 2.72 bits per heavy atom. The minimum Gasteiger partial charge on any atom is -0.398 e. The Kier molecular flexibility index (Phi) is 3.65. The molecule has 0 spiro atoms. The molecule has 1 fully saturated rings. The Balaban J connectivity index is 2.07. The van der Waals surface area contributed by atoms with Gasteiger partial charge in [-0.1, -0.05) is 6.42 Å². The molecule has 98 valence electrons. The number of nitrogen functional groups attached to an aromatic ring is 1. The largest absolute Gasteiger partial charge is 0.398 e. The first kappa shape index (κ1) is 13.0. The molecule has 0 bridgehead atoms. The summed E-state index contributed by atoms with van der Waals surface area (Å²) in [7, 11) is 0. The molecular formula is C12H17N3O2S. The summed E-state index contributed by atoms with van der Waals surface area (Å²) in [5, 5.41) is 14.0. The number of rotatable bonds is 5. The smallest absolute Gasteiger partial charge is 0.273 e. The summed E-state index contributed by atoms with van der Waals surface area (Å²) in [4.78, 5) is 10.3. The summed E-state index contributed by atoms with van der Waals surface area (Å²) in [6.07, 6.45) is 5.78. The van der Waals surface area contributed by atoms with Crippen LogP contribution in [0.2, 0.25) is 0 Å². The van der Waals surface area contributed by atoms with E-state index in [0.717, 1.165) is 12.2 Å². The standard InChI is InChI=1S/C12H17N3O2S/c1-18-12(3-2-4-12)8-14-10-5-9(13)6-11(7-10)15(16)17/h5-7,14H,2-4,8,13H2,1H3. The minimum atomic E-state index is -0.421. The van der Waals surface area contributed by atoms with Crippen LogP contribution in [0.4, 0.5) is 17.1 Å². The number of non-ortho nitro benzene ring substituents is 1. The molecular weight excluding hydrogens is 250 g/mol. The zero-order valence-corrected chi connectivity index (χ0v) is 11.1. The molecule has 0 amide bonds. The lowest BCUT2D eigenvalue weighted by Crippen LogP contribution is -2.40. The molecule has 0 heterocycles. The number of nitro groups is 1. The van der Waals surface area contributed by atoms with E-state index < -0.39 is 4.92 Å². The maximum Gasteiger partial charge on any atom is 0.273 e. The number of nitrogens with one attached hydrogen (secondary N) is 1. The topological polar surface area (TPSA) is 81.2 Å². The molecule has 0 radical (unpaired) electrons. The molecule has 0 atom stereocenters. The van der Waals surface area contributed by atoms with Crippen molar-refractivity contribution in [2.45, 2.75) is 24.0 Å². The zero-order valence-electron chi connectivity index (χ0n) is 10.3. The van der Waals surface area contributed by atoms with E-state index in [1.165, 1.54) is 31.4 Å². The summed E-state index contributed by atoms with van der Waals surface area (Å²) >= 11 is 1.87. The molecule has 0 unspecified atom stereocenters. The van der Waals surface area contributed by atoms with Crippen molar-refractivity contribution in [3.63, 3.8) is 0 Å². The van der Waals surface area contributed by atoms with Crippen LogP contribution in [0.1, 0.15) is 19.3 Å². The van der Waals surface area contributed by atoms with Gasteiger partial charge >= 0.3 is 0 Å². The lowest BCUT2D eigenvalue weighted by atomic mass is 9.84. The molecule has 2 rings (SSSR count). The van der Waals surface area contributed by atoms with Gasteiger partial charge in [-0.3, -0.25) is 10.1 Å². The van der Waals surface area contributed by atoms with E-state index in [2.05, 4.69) is 11.6 Å². The van der Waals surface area contributed by atoms with Crippen molar-refractivity contribution in [2.75, 3.05) is 23.9 Å². The molecule has 6 heteroatoms. The van der Waals surface area contributed by atoms with Gasteiger partial charge in [0.05, 0.1) is 4.92 Å². The Morgan fingerprint density at radius 2 is 2.22 bits per heavy atom. The Morgan fingerprint density at radius 1 is 1.50 bits per heavy atom. The fraction of sp³-hybridized carbons (Fsp3) is 0.500. The van der Waals surface area contributed by atoms with E-state index in [-0.39, 0.29) is 5.69 Å². The van der Waals surface area contributed by atoms with Crippen molar-refractivity contribution >= 4 is 28.8 Å². The van der Waals surface area contributed by atoms with Crippen LogP contribution in [0, 0.1) is 10.1 Å². The summed E-state index contributed by atoms with van der Waals surface area (Å²) in [6, 6.07) is 4.64. The number of anilines is 2. The molecule has 0 saturated heterocycles. The number of benzene rings is 1. The fourth-order valence-corrected chi connectivity index (χ4v) is 3.04. The molecule has 5 nitrogen and oxygen atoms in total. The molecule has 1 aliphatic rings. The van der Waals surface area contributed by atoms with Gasteiger partial charge in [0.1, 0.15) is 0 Å². The first-order chi connectivity index (χ1) is 8.54. The van der Waals surface area contributed by atoms with Crippen LogP contribution in [-0.2, 0) is 0 Å². The van der Waals surface area contributed by atoms with Crippen molar-refractivity contribution in [1.29, 1.82) is 0 Å². The highest BCUT2D eigenvalue weighted by Crippen LogP contribution is 2.42. The molecule has 1 aliphatic carbocycles. The van der Waals surface area contributed by atoms with Crippen molar-refractivity contribution in [3.05, 3.63) is 28.3 Å². The average molecular weight is 267 g/mol. The normalized spacial score (nSPS) is 16.9. The van der Waals surface area contributed by atoms with Crippen LogP contribution in [0.5, 0.6) is 0 Å². The van der Waals surface area contributed by atoms with Crippen molar-refractivity contribution in [2.24, 2.45) is 0 Å². The van der Waals surface area contributed by atoms with Gasteiger partial charge in [-0.25, -0.2) is 0 Å². The monoisotopic (exact) mass is 267 g/mol. The lowest BCUT2D eigenvalue weighted by molar-refractivity contribution is -0.384. The van der Waals surface area contributed by atoms with E-state index >= 15 is 0 Å². The molecule has 0 aromatic heterocycles. The highest BCUT2D eigenvalue weighted by molar-refractivity contribution is 8.00. The number of thioether (sulfide) groups is 1. The first-order valence-electron chi connectivity index (χ1n) is 5.89. The van der Waals surface area contributed by atoms with Crippen LogP contribution >= 0.6 is 11.8 Å². The molecule has 0 aliphatic heterocycles. The molecule has 1 saturated carbocycles. The van der Waals surface area contributed by atoms with Crippen LogP contribution in [0.25, 0.3) is 0 Å². The summed E-state index contributed by atoms with van der Waals surface area (Å²) in [6.45, 7) is 0.828. The lowest BCUT2D eigenvalue weighted by Gasteiger charge is -2.40. The van der Waals surface area contributed by atoms with Gasteiger partial charge in [-0.2, -0.15) is 11.8 Å². The second-order valence-electron chi connectivity index (χ2n) is 4.66. The zero-order chi connectivity index (χ0) is 13.2. The van der Waals surface area contributed by atoms with E-state index in [9.17, 15) is 10.1 Å². The van der Waals surface area contributed by atoms with E-state index in [0.29, 0.717) is 10.4 Å². The fourth-order valence-electron chi connectivity index (χ4n) is 2.13. The summed E-state index contributed by atoms with van der Waals surface area (Å²) in [5.74, 6) is 0. The molecule has 3 N–H and O–H groups in total. The van der Waals surface area contributed by atoms with Gasteiger partial charge in [0.25, 0.3) is 5.69 Å². The Bertz CT molecular complexity index is 455. The third-order valence-electron chi connectivity index (χ3n) is 3.46. The van der Waals surface area contributed by atoms with Crippen LogP contribution in [0.3, 0.4) is 0 Å². The van der Waals surface area contributed by atoms with E-state index in [4.69, 9.17) is 5.73 Å². The number of hydrogen-bond acceptors (Lipinski definition) is 5. The maximum absolute atomic E-state index is 10.7. The highest BCUT2D eigenvalue weighted by atomic mass is 32.2. The molecule has 1 aromatic rings. The Hall–Kier alpha value is -1.43. The third-order valence-corrected chi connectivity index (χ3v) is 4.88. The second kappa shape index (κ2) is 5.06. The van der Waals surface area contributed by atoms with Crippen LogP contribution in [-0.4, -0.2) is 22.5 Å². The first-order valence-corrected chi connectivity index (χ1v) is 7.11. The van der Waals surface area contributed by atoms with Crippen molar-refractivity contribution < 1.29 is 4.92 Å². The third kappa shape index (κ3) is 2.69.